The van der Waals surface area contributed by atoms with Gasteiger partial charge >= 0.3 is 0 Å². The molecule has 32 heavy (non-hydrogen) atoms. The molecular weight excluding hydrogens is 394 g/mol. The zero-order valence-electron chi connectivity index (χ0n) is 18.7. The summed E-state index contributed by atoms with van der Waals surface area (Å²) in [5.41, 5.74) is 17.4. The fourth-order valence-corrected chi connectivity index (χ4v) is 5.17. The van der Waals surface area contributed by atoms with E-state index in [0.717, 1.165) is 67.5 Å². The quantitative estimate of drug-likeness (QED) is 0.522. The van der Waals surface area contributed by atoms with Crippen LogP contribution in [0.25, 0.3) is 23.0 Å². The van der Waals surface area contributed by atoms with Crippen LogP contribution in [0, 0.1) is 0 Å². The molecule has 2 aromatic heterocycles. The summed E-state index contributed by atoms with van der Waals surface area (Å²) in [7, 11) is 0. The molecule has 0 unspecified atom stereocenters. The molecule has 0 saturated carbocycles. The largest absolute Gasteiger partial charge is 0.383 e. The first-order valence-electron chi connectivity index (χ1n) is 11.7. The van der Waals surface area contributed by atoms with Gasteiger partial charge in [-0.15, -0.1) is 0 Å². The van der Waals surface area contributed by atoms with E-state index in [1.54, 1.807) is 0 Å². The molecular formula is C28H29N3O. The van der Waals surface area contributed by atoms with E-state index in [0.29, 0.717) is 11.4 Å². The molecule has 2 aliphatic carbocycles. The molecule has 0 aliphatic heterocycles. The third-order valence-electron chi connectivity index (χ3n) is 6.78. The number of nitrogen functional groups attached to an aromatic ring is 1. The van der Waals surface area contributed by atoms with Crippen LogP contribution in [0.3, 0.4) is 0 Å². The summed E-state index contributed by atoms with van der Waals surface area (Å²) in [6, 6.07) is 12.4. The van der Waals surface area contributed by atoms with E-state index in [1.165, 1.54) is 40.7 Å². The number of hydrogen-bond donors (Lipinski definition) is 1. The number of carbonyl (C=O) groups excluding carboxylic acids is 1. The van der Waals surface area contributed by atoms with Crippen LogP contribution in [-0.2, 0) is 25.7 Å². The molecule has 4 heteroatoms. The molecule has 0 atom stereocenters. The normalized spacial score (nSPS) is 15.7. The summed E-state index contributed by atoms with van der Waals surface area (Å²) >= 11 is 0. The van der Waals surface area contributed by atoms with Crippen LogP contribution in [0.15, 0.2) is 36.4 Å². The Labute approximate surface area is 189 Å². The van der Waals surface area contributed by atoms with Crippen LogP contribution < -0.4 is 5.73 Å². The van der Waals surface area contributed by atoms with Crippen molar-refractivity contribution in [2.45, 2.75) is 58.3 Å². The molecule has 0 amide bonds. The standard InChI is InChI=1S/C28H29N3O/c1-2-3-11-22-23-12-7-10-19(15-18-8-5-4-6-9-18)25(23)30-27-24(22)14-13-20-16-21(17-32)28(29)31-26(20)27/h4-6,8-9,15-17H,2-3,7,10-14H2,1H3,(H2,29,31)/b19-15+. The minimum Gasteiger partial charge on any atom is -0.383 e. The van der Waals surface area contributed by atoms with E-state index in [4.69, 9.17) is 10.7 Å². The molecule has 2 heterocycles. The van der Waals surface area contributed by atoms with Crippen molar-refractivity contribution >= 4 is 23.8 Å². The highest BCUT2D eigenvalue weighted by atomic mass is 16.1. The van der Waals surface area contributed by atoms with Gasteiger partial charge in [-0.3, -0.25) is 4.79 Å². The van der Waals surface area contributed by atoms with Gasteiger partial charge in [-0.2, -0.15) is 0 Å². The molecule has 4 nitrogen and oxygen atoms in total. The lowest BCUT2D eigenvalue weighted by Crippen LogP contribution is -2.18. The Balaban J connectivity index is 1.73. The number of hydrogen-bond acceptors (Lipinski definition) is 4. The van der Waals surface area contributed by atoms with E-state index in [-0.39, 0.29) is 0 Å². The smallest absolute Gasteiger partial charge is 0.153 e. The number of rotatable bonds is 5. The van der Waals surface area contributed by atoms with Crippen LogP contribution in [0.2, 0.25) is 0 Å². The molecule has 5 rings (SSSR count). The Hall–Kier alpha value is -3.27. The monoisotopic (exact) mass is 423 g/mol. The molecule has 0 spiro atoms. The number of unbranched alkanes of at least 4 members (excludes halogenated alkanes) is 1. The predicted molar refractivity (Wildman–Crippen MR) is 131 cm³/mol. The van der Waals surface area contributed by atoms with Crippen LogP contribution in [0.4, 0.5) is 5.82 Å². The minimum absolute atomic E-state index is 0.293. The fourth-order valence-electron chi connectivity index (χ4n) is 5.17. The van der Waals surface area contributed by atoms with Crippen LogP contribution in [-0.4, -0.2) is 16.3 Å². The van der Waals surface area contributed by atoms with Crippen molar-refractivity contribution in [3.8, 4) is 11.4 Å². The predicted octanol–water partition coefficient (Wildman–Crippen LogP) is 5.86. The molecule has 0 radical (unpaired) electrons. The van der Waals surface area contributed by atoms with E-state index >= 15 is 0 Å². The molecule has 0 saturated heterocycles. The maximum Gasteiger partial charge on any atom is 0.153 e. The number of anilines is 1. The second-order valence-corrected chi connectivity index (χ2v) is 8.87. The number of aryl methyl sites for hydroxylation is 1. The van der Waals surface area contributed by atoms with Gasteiger partial charge in [0.15, 0.2) is 6.29 Å². The van der Waals surface area contributed by atoms with Gasteiger partial charge in [-0.05, 0) is 90.5 Å². The minimum atomic E-state index is 0.293. The second kappa shape index (κ2) is 8.70. The third kappa shape index (κ3) is 3.64. The lowest BCUT2D eigenvalue weighted by atomic mass is 9.80. The maximum atomic E-state index is 11.4. The Kier molecular flexibility index (Phi) is 5.60. The summed E-state index contributed by atoms with van der Waals surface area (Å²) in [5.74, 6) is 0.293. The first kappa shape index (κ1) is 20.6. The molecule has 2 N–H and O–H groups in total. The van der Waals surface area contributed by atoms with Gasteiger partial charge in [0.25, 0.3) is 0 Å². The fraction of sp³-hybridized carbons (Fsp3) is 0.321. The van der Waals surface area contributed by atoms with Crippen molar-refractivity contribution in [1.82, 2.24) is 9.97 Å². The molecule has 1 aromatic carbocycles. The van der Waals surface area contributed by atoms with Gasteiger partial charge in [0.2, 0.25) is 0 Å². The van der Waals surface area contributed by atoms with Crippen LogP contribution in [0.5, 0.6) is 0 Å². The van der Waals surface area contributed by atoms with E-state index in [2.05, 4.69) is 48.3 Å². The highest BCUT2D eigenvalue weighted by molar-refractivity contribution is 5.87. The molecule has 3 aromatic rings. The number of pyridine rings is 2. The van der Waals surface area contributed by atoms with Crippen molar-refractivity contribution in [3.63, 3.8) is 0 Å². The van der Waals surface area contributed by atoms with Gasteiger partial charge in [-0.1, -0.05) is 43.7 Å². The summed E-state index contributed by atoms with van der Waals surface area (Å²) in [4.78, 5) is 21.3. The topological polar surface area (TPSA) is 68.9 Å². The third-order valence-corrected chi connectivity index (χ3v) is 6.78. The molecule has 2 aliphatic rings. The van der Waals surface area contributed by atoms with Crippen LogP contribution in [0.1, 0.15) is 76.5 Å². The average molecular weight is 424 g/mol. The summed E-state index contributed by atoms with van der Waals surface area (Å²) in [6.07, 6.45) is 11.6. The van der Waals surface area contributed by atoms with Crippen molar-refractivity contribution in [3.05, 3.63) is 75.5 Å². The summed E-state index contributed by atoms with van der Waals surface area (Å²) in [5, 5.41) is 0. The average Bonchev–Trinajstić information content (AvgIpc) is 2.82. The zero-order chi connectivity index (χ0) is 22.1. The number of carbonyl (C=O) groups is 1. The van der Waals surface area contributed by atoms with Crippen LogP contribution >= 0.6 is 0 Å². The van der Waals surface area contributed by atoms with E-state index in [1.807, 2.05) is 6.07 Å². The van der Waals surface area contributed by atoms with Crippen molar-refractivity contribution in [1.29, 1.82) is 0 Å². The number of aromatic nitrogens is 2. The highest BCUT2D eigenvalue weighted by Crippen LogP contribution is 2.41. The van der Waals surface area contributed by atoms with Gasteiger partial charge < -0.3 is 5.73 Å². The SMILES string of the molecule is CCCCc1c2c(nc3c1CCc1cc(C=O)c(N)nc1-3)/C(=C/c1ccccc1)CCC2. The van der Waals surface area contributed by atoms with Gasteiger partial charge in [0.1, 0.15) is 5.82 Å². The zero-order valence-corrected chi connectivity index (χ0v) is 18.7. The van der Waals surface area contributed by atoms with Gasteiger partial charge in [0, 0.05) is 0 Å². The number of aldehydes is 1. The number of nitrogens with two attached hydrogens (primary N) is 1. The van der Waals surface area contributed by atoms with Gasteiger partial charge in [-0.25, -0.2) is 9.97 Å². The summed E-state index contributed by atoms with van der Waals surface area (Å²) in [6.45, 7) is 2.25. The Morgan fingerprint density at radius 2 is 1.78 bits per heavy atom. The Morgan fingerprint density at radius 3 is 2.56 bits per heavy atom. The lowest BCUT2D eigenvalue weighted by Gasteiger charge is -2.29. The number of allylic oxidation sites excluding steroid dienone is 1. The Bertz CT molecular complexity index is 1210. The molecule has 0 bridgehead atoms. The number of nitrogens with zero attached hydrogens (tertiary/aromatic N) is 2. The van der Waals surface area contributed by atoms with Crippen molar-refractivity contribution in [2.75, 3.05) is 5.73 Å². The van der Waals surface area contributed by atoms with Crippen molar-refractivity contribution < 1.29 is 4.79 Å². The van der Waals surface area contributed by atoms with Crippen molar-refractivity contribution in [2.24, 2.45) is 0 Å². The van der Waals surface area contributed by atoms with E-state index < -0.39 is 0 Å². The maximum absolute atomic E-state index is 11.4. The van der Waals surface area contributed by atoms with E-state index in [9.17, 15) is 4.79 Å². The number of benzene rings is 1. The lowest BCUT2D eigenvalue weighted by molar-refractivity contribution is 0.112. The molecule has 162 valence electrons. The second-order valence-electron chi connectivity index (χ2n) is 8.87. The van der Waals surface area contributed by atoms with Gasteiger partial charge in [0.05, 0.1) is 22.6 Å². The number of fused-ring (bicyclic) bond motifs is 4. The highest BCUT2D eigenvalue weighted by Gasteiger charge is 2.29. The summed E-state index contributed by atoms with van der Waals surface area (Å²) < 4.78 is 0. The first-order valence-corrected chi connectivity index (χ1v) is 11.7. The Morgan fingerprint density at radius 1 is 0.969 bits per heavy atom. The first-order chi connectivity index (χ1) is 15.7. The molecule has 0 fully saturated rings.